The number of aromatic nitrogens is 2. The minimum absolute atomic E-state index is 0.259. The summed E-state index contributed by atoms with van der Waals surface area (Å²) in [5.74, 6) is 2.29. The van der Waals surface area contributed by atoms with Gasteiger partial charge in [0.05, 0.1) is 10.9 Å². The fourth-order valence-corrected chi connectivity index (χ4v) is 4.04. The Bertz CT molecular complexity index is 537. The number of nitrogens with zero attached hydrogens (tertiary/aromatic N) is 2. The molecule has 1 saturated carbocycles. The van der Waals surface area contributed by atoms with Gasteiger partial charge in [0.25, 0.3) is 0 Å². The number of hydrogen-bond acceptors (Lipinski definition) is 5. The van der Waals surface area contributed by atoms with E-state index in [1.165, 1.54) is 25.7 Å². The molecule has 1 N–H and O–H groups in total. The van der Waals surface area contributed by atoms with Gasteiger partial charge in [0.15, 0.2) is 0 Å². The summed E-state index contributed by atoms with van der Waals surface area (Å²) >= 11 is 1.65. The lowest BCUT2D eigenvalue weighted by Crippen LogP contribution is -2.30. The monoisotopic (exact) mass is 275 g/mol. The minimum Gasteiger partial charge on any atom is -0.337 e. The van der Waals surface area contributed by atoms with E-state index in [2.05, 4.69) is 15.5 Å². The maximum Gasteiger partial charge on any atom is 0.244 e. The average Bonchev–Trinajstić information content (AvgIpc) is 3.17. The first-order chi connectivity index (χ1) is 9.40. The number of rotatable bonds is 2. The molecule has 3 unspecified atom stereocenters. The molecule has 0 bridgehead atoms. The van der Waals surface area contributed by atoms with Crippen LogP contribution in [0.5, 0.6) is 0 Å². The van der Waals surface area contributed by atoms with Crippen molar-refractivity contribution in [2.24, 2.45) is 5.92 Å². The summed E-state index contributed by atoms with van der Waals surface area (Å²) < 4.78 is 5.46. The first kappa shape index (κ1) is 11.6. The van der Waals surface area contributed by atoms with Crippen molar-refractivity contribution in [3.05, 3.63) is 23.4 Å². The summed E-state index contributed by atoms with van der Waals surface area (Å²) in [6, 6.07) is 4.96. The number of hydrogen-bond donors (Lipinski definition) is 1. The molecule has 2 aromatic rings. The van der Waals surface area contributed by atoms with Crippen LogP contribution < -0.4 is 5.32 Å². The normalized spacial score (nSPS) is 30.4. The standard InChI is InChI=1S/C14H17N3OS/c1-2-5-10-9(4-1)8-11(15-10)14-16-13(17-18-14)12-6-3-7-19-12/h3,6-7,9-11,15H,1-2,4-5,8H2. The van der Waals surface area contributed by atoms with Gasteiger partial charge in [-0.05, 0) is 36.6 Å². The molecule has 2 aromatic heterocycles. The van der Waals surface area contributed by atoms with E-state index >= 15 is 0 Å². The van der Waals surface area contributed by atoms with Gasteiger partial charge in [-0.15, -0.1) is 11.3 Å². The molecule has 2 aliphatic rings. The van der Waals surface area contributed by atoms with Crippen LogP contribution in [-0.2, 0) is 0 Å². The van der Waals surface area contributed by atoms with Gasteiger partial charge < -0.3 is 9.84 Å². The SMILES string of the molecule is c1csc(-c2noc(C3CC4CCCCC4N3)n2)c1. The highest BCUT2D eigenvalue weighted by atomic mass is 32.1. The maximum absolute atomic E-state index is 5.46. The summed E-state index contributed by atoms with van der Waals surface area (Å²) in [6.45, 7) is 0. The predicted octanol–water partition coefficient (Wildman–Crippen LogP) is 3.39. The summed E-state index contributed by atoms with van der Waals surface area (Å²) in [6.07, 6.45) is 6.52. The third-order valence-electron chi connectivity index (χ3n) is 4.34. The van der Waals surface area contributed by atoms with E-state index in [1.807, 2.05) is 17.5 Å². The molecule has 0 radical (unpaired) electrons. The van der Waals surface area contributed by atoms with E-state index in [9.17, 15) is 0 Å². The Hall–Kier alpha value is -1.20. The minimum atomic E-state index is 0.259. The molecule has 5 heteroatoms. The van der Waals surface area contributed by atoms with Crippen molar-refractivity contribution >= 4 is 11.3 Å². The second kappa shape index (κ2) is 4.72. The highest BCUT2D eigenvalue weighted by molar-refractivity contribution is 7.13. The van der Waals surface area contributed by atoms with E-state index in [1.54, 1.807) is 11.3 Å². The molecule has 1 aliphatic carbocycles. The Morgan fingerprint density at radius 3 is 3.11 bits per heavy atom. The van der Waals surface area contributed by atoms with Crippen molar-refractivity contribution in [1.29, 1.82) is 0 Å². The van der Waals surface area contributed by atoms with Gasteiger partial charge in [0.2, 0.25) is 11.7 Å². The van der Waals surface area contributed by atoms with Gasteiger partial charge in [0, 0.05) is 6.04 Å². The molecule has 100 valence electrons. The van der Waals surface area contributed by atoms with Crippen molar-refractivity contribution in [3.63, 3.8) is 0 Å². The lowest BCUT2D eigenvalue weighted by molar-refractivity contribution is 0.324. The molecule has 4 rings (SSSR count). The third kappa shape index (κ3) is 2.11. The fourth-order valence-electron chi connectivity index (χ4n) is 3.39. The number of nitrogens with one attached hydrogen (secondary N) is 1. The molecule has 0 spiro atoms. The van der Waals surface area contributed by atoms with Crippen LogP contribution in [0.3, 0.4) is 0 Å². The van der Waals surface area contributed by atoms with Gasteiger partial charge in [-0.1, -0.05) is 24.1 Å². The van der Waals surface area contributed by atoms with Crippen LogP contribution in [0.1, 0.15) is 44.0 Å². The molecule has 3 heterocycles. The topological polar surface area (TPSA) is 51.0 Å². The first-order valence-electron chi connectivity index (χ1n) is 7.04. The molecule has 1 aliphatic heterocycles. The molecule has 3 atom stereocenters. The van der Waals surface area contributed by atoms with Gasteiger partial charge in [0.1, 0.15) is 0 Å². The highest BCUT2D eigenvalue weighted by Gasteiger charge is 2.38. The Morgan fingerprint density at radius 2 is 2.26 bits per heavy atom. The molecular formula is C14H17N3OS. The summed E-state index contributed by atoms with van der Waals surface area (Å²) in [7, 11) is 0. The Morgan fingerprint density at radius 1 is 1.32 bits per heavy atom. The van der Waals surface area contributed by atoms with Crippen LogP contribution in [-0.4, -0.2) is 16.2 Å². The largest absolute Gasteiger partial charge is 0.337 e. The highest BCUT2D eigenvalue weighted by Crippen LogP contribution is 2.39. The van der Waals surface area contributed by atoms with E-state index in [-0.39, 0.29) is 6.04 Å². The van der Waals surface area contributed by atoms with Crippen LogP contribution in [0.25, 0.3) is 10.7 Å². The quantitative estimate of drug-likeness (QED) is 0.912. The molecule has 19 heavy (non-hydrogen) atoms. The Labute approximate surface area is 116 Å². The zero-order valence-corrected chi connectivity index (χ0v) is 11.5. The van der Waals surface area contributed by atoms with Crippen LogP contribution >= 0.6 is 11.3 Å². The van der Waals surface area contributed by atoms with Crippen molar-refractivity contribution < 1.29 is 4.52 Å². The first-order valence-corrected chi connectivity index (χ1v) is 7.91. The molecule has 0 amide bonds. The molecule has 0 aromatic carbocycles. The number of fused-ring (bicyclic) bond motifs is 1. The zero-order chi connectivity index (χ0) is 12.7. The van der Waals surface area contributed by atoms with Crippen molar-refractivity contribution in [3.8, 4) is 10.7 Å². The zero-order valence-electron chi connectivity index (χ0n) is 10.7. The van der Waals surface area contributed by atoms with Crippen molar-refractivity contribution in [2.45, 2.75) is 44.2 Å². The predicted molar refractivity (Wildman–Crippen MR) is 73.9 cm³/mol. The van der Waals surface area contributed by atoms with E-state index in [0.29, 0.717) is 6.04 Å². The van der Waals surface area contributed by atoms with Crippen LogP contribution in [0.15, 0.2) is 22.0 Å². The molecular weight excluding hydrogens is 258 g/mol. The third-order valence-corrected chi connectivity index (χ3v) is 5.21. The molecule has 2 fully saturated rings. The van der Waals surface area contributed by atoms with Gasteiger partial charge in [-0.25, -0.2) is 0 Å². The second-order valence-corrected chi connectivity index (χ2v) is 6.49. The van der Waals surface area contributed by atoms with Crippen LogP contribution in [0.4, 0.5) is 0 Å². The second-order valence-electron chi connectivity index (χ2n) is 5.54. The fraction of sp³-hybridized carbons (Fsp3) is 0.571. The summed E-state index contributed by atoms with van der Waals surface area (Å²) in [5.41, 5.74) is 0. The van der Waals surface area contributed by atoms with Gasteiger partial charge >= 0.3 is 0 Å². The Balaban J connectivity index is 1.54. The van der Waals surface area contributed by atoms with E-state index in [4.69, 9.17) is 4.52 Å². The average molecular weight is 275 g/mol. The van der Waals surface area contributed by atoms with Crippen LogP contribution in [0.2, 0.25) is 0 Å². The van der Waals surface area contributed by atoms with Gasteiger partial charge in [-0.3, -0.25) is 0 Å². The van der Waals surface area contributed by atoms with E-state index in [0.717, 1.165) is 28.9 Å². The molecule has 1 saturated heterocycles. The smallest absolute Gasteiger partial charge is 0.244 e. The van der Waals surface area contributed by atoms with Crippen molar-refractivity contribution in [1.82, 2.24) is 15.5 Å². The van der Waals surface area contributed by atoms with Crippen LogP contribution in [0, 0.1) is 5.92 Å². The lowest BCUT2D eigenvalue weighted by Gasteiger charge is -2.24. The summed E-state index contributed by atoms with van der Waals surface area (Å²) in [5, 5.41) is 9.82. The lowest BCUT2D eigenvalue weighted by atomic mass is 9.85. The maximum atomic E-state index is 5.46. The van der Waals surface area contributed by atoms with Crippen molar-refractivity contribution in [2.75, 3.05) is 0 Å². The summed E-state index contributed by atoms with van der Waals surface area (Å²) in [4.78, 5) is 5.64. The van der Waals surface area contributed by atoms with Gasteiger partial charge in [-0.2, -0.15) is 4.98 Å². The van der Waals surface area contributed by atoms with E-state index < -0.39 is 0 Å². The number of thiophene rings is 1. The molecule has 4 nitrogen and oxygen atoms in total. The Kier molecular flexibility index (Phi) is 2.89.